The van der Waals surface area contributed by atoms with Crippen LogP contribution in [0.1, 0.15) is 0 Å². The van der Waals surface area contributed by atoms with Crippen molar-refractivity contribution in [2.24, 2.45) is 0 Å². The third kappa shape index (κ3) is 4.67. The van der Waals surface area contributed by atoms with E-state index in [1.807, 2.05) is 12.1 Å². The van der Waals surface area contributed by atoms with E-state index >= 15 is 0 Å². The standard InChI is InChI=1S/C20H18FPS/c21-17-11-13-20(14-12-17)23-16-15-22(18-7-3-1-4-8-18)19-9-5-2-6-10-19/h1-14H,15-16H2. The van der Waals surface area contributed by atoms with Gasteiger partial charge in [-0.05, 0) is 49.0 Å². The molecule has 0 bridgehead atoms. The van der Waals surface area contributed by atoms with E-state index in [0.29, 0.717) is 0 Å². The first-order chi connectivity index (χ1) is 11.3. The molecule has 0 amide bonds. The normalized spacial score (nSPS) is 10.9. The van der Waals surface area contributed by atoms with Gasteiger partial charge >= 0.3 is 0 Å². The van der Waals surface area contributed by atoms with Crippen LogP contribution in [0.4, 0.5) is 4.39 Å². The molecular formula is C20H18FPS. The number of rotatable bonds is 6. The van der Waals surface area contributed by atoms with Gasteiger partial charge in [-0.1, -0.05) is 60.7 Å². The lowest BCUT2D eigenvalue weighted by atomic mass is 10.4. The van der Waals surface area contributed by atoms with E-state index in [9.17, 15) is 4.39 Å². The summed E-state index contributed by atoms with van der Waals surface area (Å²) >= 11 is 1.80. The number of thioether (sulfide) groups is 1. The summed E-state index contributed by atoms with van der Waals surface area (Å²) in [6.45, 7) is 0. The van der Waals surface area contributed by atoms with Crippen molar-refractivity contribution in [2.45, 2.75) is 4.90 Å². The molecule has 3 aromatic carbocycles. The summed E-state index contributed by atoms with van der Waals surface area (Å²) < 4.78 is 13.0. The van der Waals surface area contributed by atoms with Crippen LogP contribution < -0.4 is 10.6 Å². The zero-order valence-electron chi connectivity index (χ0n) is 12.7. The highest BCUT2D eigenvalue weighted by Crippen LogP contribution is 2.35. The smallest absolute Gasteiger partial charge is 0.123 e. The highest BCUT2D eigenvalue weighted by atomic mass is 32.2. The zero-order valence-corrected chi connectivity index (χ0v) is 14.4. The predicted octanol–water partition coefficient (Wildman–Crippen LogP) is 5.05. The fourth-order valence-electron chi connectivity index (χ4n) is 2.41. The van der Waals surface area contributed by atoms with Crippen molar-refractivity contribution in [3.8, 4) is 0 Å². The van der Waals surface area contributed by atoms with Crippen LogP contribution in [0.3, 0.4) is 0 Å². The van der Waals surface area contributed by atoms with Gasteiger partial charge in [-0.15, -0.1) is 11.8 Å². The first-order valence-electron chi connectivity index (χ1n) is 7.59. The molecule has 3 aromatic rings. The highest BCUT2D eigenvalue weighted by Gasteiger charge is 2.13. The van der Waals surface area contributed by atoms with E-state index in [1.165, 1.54) is 22.7 Å². The Morgan fingerprint density at radius 2 is 1.22 bits per heavy atom. The molecule has 3 heteroatoms. The minimum absolute atomic E-state index is 0.176. The molecule has 0 N–H and O–H groups in total. The number of benzene rings is 3. The van der Waals surface area contributed by atoms with Crippen LogP contribution in [-0.4, -0.2) is 11.9 Å². The Balaban J connectivity index is 1.71. The quantitative estimate of drug-likeness (QED) is 0.447. The van der Waals surface area contributed by atoms with Crippen molar-refractivity contribution in [1.29, 1.82) is 0 Å². The van der Waals surface area contributed by atoms with Crippen molar-refractivity contribution < 1.29 is 4.39 Å². The molecule has 0 saturated heterocycles. The zero-order chi connectivity index (χ0) is 15.9. The number of halogens is 1. The van der Waals surface area contributed by atoms with Gasteiger partial charge in [0, 0.05) is 10.6 Å². The van der Waals surface area contributed by atoms with Crippen molar-refractivity contribution in [2.75, 3.05) is 11.9 Å². The molecule has 0 aliphatic heterocycles. The maximum Gasteiger partial charge on any atom is 0.123 e. The predicted molar refractivity (Wildman–Crippen MR) is 101 cm³/mol. The maximum atomic E-state index is 13.0. The van der Waals surface area contributed by atoms with Gasteiger partial charge in [0.15, 0.2) is 0 Å². The number of hydrogen-bond acceptors (Lipinski definition) is 1. The maximum absolute atomic E-state index is 13.0. The van der Waals surface area contributed by atoms with E-state index in [0.717, 1.165) is 16.8 Å². The molecule has 0 aliphatic carbocycles. The summed E-state index contributed by atoms with van der Waals surface area (Å²) in [5.41, 5.74) is 0. The second kappa shape index (κ2) is 8.29. The van der Waals surface area contributed by atoms with E-state index in [4.69, 9.17) is 0 Å². The lowest BCUT2D eigenvalue weighted by molar-refractivity contribution is 0.626. The molecule has 0 heterocycles. The van der Waals surface area contributed by atoms with Crippen LogP contribution in [0.25, 0.3) is 0 Å². The molecule has 0 unspecified atom stereocenters. The summed E-state index contributed by atoms with van der Waals surface area (Å²) in [5.74, 6) is 0.853. The highest BCUT2D eigenvalue weighted by molar-refractivity contribution is 7.99. The van der Waals surface area contributed by atoms with E-state index in [2.05, 4.69) is 60.7 Å². The molecule has 0 aromatic heterocycles. The Labute approximate surface area is 142 Å². The minimum atomic E-state index is -0.348. The van der Waals surface area contributed by atoms with Gasteiger partial charge in [0.1, 0.15) is 5.82 Å². The Morgan fingerprint density at radius 3 is 1.74 bits per heavy atom. The van der Waals surface area contributed by atoms with Crippen molar-refractivity contribution in [1.82, 2.24) is 0 Å². The van der Waals surface area contributed by atoms with Gasteiger partial charge in [0.25, 0.3) is 0 Å². The van der Waals surface area contributed by atoms with Crippen LogP contribution >= 0.6 is 19.7 Å². The molecule has 3 rings (SSSR count). The van der Waals surface area contributed by atoms with E-state index in [-0.39, 0.29) is 13.7 Å². The second-order valence-corrected chi connectivity index (χ2v) is 8.63. The third-order valence-corrected chi connectivity index (χ3v) is 7.36. The Morgan fingerprint density at radius 1 is 0.696 bits per heavy atom. The van der Waals surface area contributed by atoms with Crippen LogP contribution in [0, 0.1) is 5.82 Å². The molecule has 0 spiro atoms. The SMILES string of the molecule is Fc1ccc(SCCP(c2ccccc2)c2ccccc2)cc1. The van der Waals surface area contributed by atoms with Crippen molar-refractivity contribution in [3.63, 3.8) is 0 Å². The largest absolute Gasteiger partial charge is 0.207 e. The van der Waals surface area contributed by atoms with Gasteiger partial charge in [0.05, 0.1) is 0 Å². The topological polar surface area (TPSA) is 0 Å². The molecule has 0 saturated carbocycles. The summed E-state index contributed by atoms with van der Waals surface area (Å²) in [6, 6.07) is 28.2. The molecular weight excluding hydrogens is 322 g/mol. The summed E-state index contributed by atoms with van der Waals surface area (Å²) in [6.07, 6.45) is 1.12. The van der Waals surface area contributed by atoms with Crippen LogP contribution in [0.15, 0.2) is 89.8 Å². The second-order valence-electron chi connectivity index (χ2n) is 5.13. The van der Waals surface area contributed by atoms with Gasteiger partial charge < -0.3 is 0 Å². The summed E-state index contributed by atoms with van der Waals surface area (Å²) in [4.78, 5) is 1.13. The van der Waals surface area contributed by atoms with Crippen LogP contribution in [0.2, 0.25) is 0 Å². The molecule has 0 nitrogen and oxygen atoms in total. The fourth-order valence-corrected chi connectivity index (χ4v) is 5.95. The molecule has 0 atom stereocenters. The van der Waals surface area contributed by atoms with Crippen molar-refractivity contribution >= 4 is 30.3 Å². The monoisotopic (exact) mass is 340 g/mol. The van der Waals surface area contributed by atoms with Crippen LogP contribution in [-0.2, 0) is 0 Å². The number of hydrogen-bond donors (Lipinski definition) is 0. The Kier molecular flexibility index (Phi) is 5.85. The van der Waals surface area contributed by atoms with E-state index in [1.54, 1.807) is 11.8 Å². The Bertz CT molecular complexity index is 674. The average Bonchev–Trinajstić information content (AvgIpc) is 2.62. The van der Waals surface area contributed by atoms with Gasteiger partial charge in [-0.25, -0.2) is 4.39 Å². The lowest BCUT2D eigenvalue weighted by Gasteiger charge is -2.18. The van der Waals surface area contributed by atoms with Gasteiger partial charge in [0.2, 0.25) is 0 Å². The first kappa shape index (κ1) is 16.2. The molecule has 23 heavy (non-hydrogen) atoms. The van der Waals surface area contributed by atoms with Gasteiger partial charge in [-0.3, -0.25) is 0 Å². The molecule has 0 fully saturated rings. The lowest BCUT2D eigenvalue weighted by Crippen LogP contribution is -2.14. The summed E-state index contributed by atoms with van der Waals surface area (Å²) in [5, 5.41) is 2.82. The molecule has 0 aliphatic rings. The fraction of sp³-hybridized carbons (Fsp3) is 0.100. The van der Waals surface area contributed by atoms with E-state index < -0.39 is 0 Å². The first-order valence-corrected chi connectivity index (χ1v) is 10.1. The minimum Gasteiger partial charge on any atom is -0.207 e. The van der Waals surface area contributed by atoms with Gasteiger partial charge in [-0.2, -0.15) is 0 Å². The molecule has 116 valence electrons. The molecule has 0 radical (unpaired) electrons. The average molecular weight is 340 g/mol. The van der Waals surface area contributed by atoms with Crippen LogP contribution in [0.5, 0.6) is 0 Å². The third-order valence-electron chi connectivity index (χ3n) is 3.53. The Hall–Kier alpha value is -1.63. The summed E-state index contributed by atoms with van der Waals surface area (Å²) in [7, 11) is -0.348. The van der Waals surface area contributed by atoms with Crippen molar-refractivity contribution in [3.05, 3.63) is 90.7 Å².